The average Bonchev–Trinajstić information content (AvgIpc) is 3.31. The summed E-state index contributed by atoms with van der Waals surface area (Å²) < 4.78 is 38.5. The number of benzene rings is 1. The standard InChI is InChI=1S/C16H20F3NO2/c1-2-14(21)20-9-8-15(22,11-6-7-11)12-4-3-5-13(10-12)16(17,18)19/h3-5,10-11,22H,2,6-9H2,1H3,(H,20,21). The molecule has 3 nitrogen and oxygen atoms in total. The second-order valence-electron chi connectivity index (χ2n) is 5.73. The lowest BCUT2D eigenvalue weighted by Crippen LogP contribution is -2.35. The Balaban J connectivity index is 2.18. The summed E-state index contributed by atoms with van der Waals surface area (Å²) in [6.45, 7) is 1.96. The Bertz CT molecular complexity index is 540. The number of halogens is 3. The summed E-state index contributed by atoms with van der Waals surface area (Å²) in [5.74, 6) is -0.184. The lowest BCUT2D eigenvalue weighted by Gasteiger charge is -2.29. The van der Waals surface area contributed by atoms with E-state index in [-0.39, 0.29) is 30.4 Å². The number of rotatable bonds is 6. The van der Waals surface area contributed by atoms with Gasteiger partial charge >= 0.3 is 6.18 Å². The highest BCUT2D eigenvalue weighted by molar-refractivity contribution is 5.75. The number of carbonyl (C=O) groups is 1. The predicted octanol–water partition coefficient (Wildman–Crippen LogP) is 3.22. The van der Waals surface area contributed by atoms with Gasteiger partial charge in [0.25, 0.3) is 0 Å². The molecule has 0 saturated heterocycles. The van der Waals surface area contributed by atoms with Crippen molar-refractivity contribution < 1.29 is 23.1 Å². The topological polar surface area (TPSA) is 49.3 Å². The zero-order chi connectivity index (χ0) is 16.4. The van der Waals surface area contributed by atoms with Crippen LogP contribution in [0.15, 0.2) is 24.3 Å². The first-order valence-electron chi connectivity index (χ1n) is 7.44. The van der Waals surface area contributed by atoms with Crippen molar-refractivity contribution in [2.24, 2.45) is 5.92 Å². The van der Waals surface area contributed by atoms with Gasteiger partial charge in [0.2, 0.25) is 5.91 Å². The van der Waals surface area contributed by atoms with Gasteiger partial charge in [0.15, 0.2) is 0 Å². The van der Waals surface area contributed by atoms with Gasteiger partial charge < -0.3 is 10.4 Å². The maximum Gasteiger partial charge on any atom is 0.416 e. The largest absolute Gasteiger partial charge is 0.416 e. The maximum absolute atomic E-state index is 12.8. The minimum Gasteiger partial charge on any atom is -0.385 e. The minimum atomic E-state index is -4.43. The number of hydrogen-bond donors (Lipinski definition) is 2. The van der Waals surface area contributed by atoms with E-state index in [1.165, 1.54) is 12.1 Å². The van der Waals surface area contributed by atoms with Crippen LogP contribution in [0.3, 0.4) is 0 Å². The van der Waals surface area contributed by atoms with Crippen LogP contribution in [0.5, 0.6) is 0 Å². The van der Waals surface area contributed by atoms with Crippen molar-refractivity contribution in [2.75, 3.05) is 6.54 Å². The van der Waals surface area contributed by atoms with E-state index in [4.69, 9.17) is 0 Å². The third-order valence-corrected chi connectivity index (χ3v) is 4.09. The third-order valence-electron chi connectivity index (χ3n) is 4.09. The number of amides is 1. The molecule has 0 aromatic heterocycles. The molecule has 0 spiro atoms. The molecule has 2 N–H and O–H groups in total. The number of aliphatic hydroxyl groups is 1. The van der Waals surface area contributed by atoms with Crippen molar-refractivity contribution in [3.63, 3.8) is 0 Å². The van der Waals surface area contributed by atoms with E-state index in [1.54, 1.807) is 6.92 Å². The molecule has 6 heteroatoms. The van der Waals surface area contributed by atoms with Gasteiger partial charge in [0, 0.05) is 13.0 Å². The van der Waals surface area contributed by atoms with E-state index in [2.05, 4.69) is 5.32 Å². The number of alkyl halides is 3. The molecule has 1 atom stereocenters. The fourth-order valence-corrected chi connectivity index (χ4v) is 2.63. The van der Waals surface area contributed by atoms with E-state index in [0.717, 1.165) is 25.0 Å². The molecular weight excluding hydrogens is 295 g/mol. The summed E-state index contributed by atoms with van der Waals surface area (Å²) in [5, 5.41) is 13.5. The molecule has 1 saturated carbocycles. The fourth-order valence-electron chi connectivity index (χ4n) is 2.63. The van der Waals surface area contributed by atoms with Gasteiger partial charge in [-0.15, -0.1) is 0 Å². The quantitative estimate of drug-likeness (QED) is 0.847. The molecule has 1 aliphatic carbocycles. The van der Waals surface area contributed by atoms with Crippen molar-refractivity contribution >= 4 is 5.91 Å². The molecular formula is C16H20F3NO2. The van der Waals surface area contributed by atoms with Gasteiger partial charge in [-0.3, -0.25) is 4.79 Å². The van der Waals surface area contributed by atoms with Crippen LogP contribution < -0.4 is 5.32 Å². The summed E-state index contributed by atoms with van der Waals surface area (Å²) in [6.07, 6.45) is -2.31. The molecule has 1 fully saturated rings. The van der Waals surface area contributed by atoms with Gasteiger partial charge in [-0.25, -0.2) is 0 Å². The molecule has 122 valence electrons. The van der Waals surface area contributed by atoms with E-state index in [1.807, 2.05) is 0 Å². The first-order valence-corrected chi connectivity index (χ1v) is 7.44. The van der Waals surface area contributed by atoms with Crippen LogP contribution in [0, 0.1) is 5.92 Å². The van der Waals surface area contributed by atoms with Crippen molar-refractivity contribution in [1.29, 1.82) is 0 Å². The number of nitrogens with one attached hydrogen (secondary N) is 1. The minimum absolute atomic E-state index is 0.0467. The smallest absolute Gasteiger partial charge is 0.385 e. The van der Waals surface area contributed by atoms with E-state index < -0.39 is 17.3 Å². The van der Waals surface area contributed by atoms with Gasteiger partial charge in [-0.1, -0.05) is 19.1 Å². The predicted molar refractivity (Wildman–Crippen MR) is 76.0 cm³/mol. The highest BCUT2D eigenvalue weighted by Crippen LogP contribution is 2.48. The van der Waals surface area contributed by atoms with Crippen LogP contribution in [0.1, 0.15) is 43.7 Å². The molecule has 1 aliphatic rings. The molecule has 0 heterocycles. The van der Waals surface area contributed by atoms with Crippen LogP contribution in [-0.2, 0) is 16.6 Å². The number of carbonyl (C=O) groups excluding carboxylic acids is 1. The SMILES string of the molecule is CCC(=O)NCCC(O)(c1cccc(C(F)(F)F)c1)C1CC1. The zero-order valence-electron chi connectivity index (χ0n) is 12.4. The Morgan fingerprint density at radius 1 is 1.32 bits per heavy atom. The third kappa shape index (κ3) is 3.80. The van der Waals surface area contributed by atoms with Gasteiger partial charge in [0.1, 0.15) is 0 Å². The van der Waals surface area contributed by atoms with Crippen molar-refractivity contribution in [3.8, 4) is 0 Å². The maximum atomic E-state index is 12.8. The highest BCUT2D eigenvalue weighted by Gasteiger charge is 2.45. The number of hydrogen-bond acceptors (Lipinski definition) is 2. The molecule has 1 unspecified atom stereocenters. The second kappa shape index (κ2) is 6.28. The average molecular weight is 315 g/mol. The Kier molecular flexibility index (Phi) is 4.80. The summed E-state index contributed by atoms with van der Waals surface area (Å²) in [6, 6.07) is 4.85. The van der Waals surface area contributed by atoms with Gasteiger partial charge in [0.05, 0.1) is 11.2 Å². The molecule has 1 aromatic rings. The van der Waals surface area contributed by atoms with Crippen molar-refractivity contribution in [3.05, 3.63) is 35.4 Å². The van der Waals surface area contributed by atoms with Crippen LogP contribution in [-0.4, -0.2) is 17.6 Å². The summed E-state index contributed by atoms with van der Waals surface area (Å²) >= 11 is 0. The van der Waals surface area contributed by atoms with Gasteiger partial charge in [-0.2, -0.15) is 13.2 Å². The Hall–Kier alpha value is -1.56. The molecule has 0 bridgehead atoms. The monoisotopic (exact) mass is 315 g/mol. The van der Waals surface area contributed by atoms with E-state index >= 15 is 0 Å². The Morgan fingerprint density at radius 3 is 2.50 bits per heavy atom. The molecule has 0 aliphatic heterocycles. The molecule has 22 heavy (non-hydrogen) atoms. The fraction of sp³-hybridized carbons (Fsp3) is 0.562. The molecule has 2 rings (SSSR count). The van der Waals surface area contributed by atoms with Crippen LogP contribution >= 0.6 is 0 Å². The molecule has 1 amide bonds. The van der Waals surface area contributed by atoms with Crippen molar-refractivity contribution in [2.45, 2.75) is 44.4 Å². The summed E-state index contributed by atoms with van der Waals surface area (Å²) in [5.41, 5.74) is -1.81. The lowest BCUT2D eigenvalue weighted by molar-refractivity contribution is -0.137. The van der Waals surface area contributed by atoms with Gasteiger partial charge in [-0.05, 0) is 42.9 Å². The normalized spacial score (nSPS) is 17.9. The highest BCUT2D eigenvalue weighted by atomic mass is 19.4. The molecule has 0 radical (unpaired) electrons. The lowest BCUT2D eigenvalue weighted by atomic mass is 9.85. The second-order valence-corrected chi connectivity index (χ2v) is 5.73. The summed E-state index contributed by atoms with van der Waals surface area (Å²) in [7, 11) is 0. The Labute approximate surface area is 127 Å². The van der Waals surface area contributed by atoms with Crippen molar-refractivity contribution in [1.82, 2.24) is 5.32 Å². The van der Waals surface area contributed by atoms with Crippen LogP contribution in [0.25, 0.3) is 0 Å². The Morgan fingerprint density at radius 2 is 1.95 bits per heavy atom. The first-order chi connectivity index (χ1) is 10.3. The molecule has 1 aromatic carbocycles. The first kappa shape index (κ1) is 16.8. The van der Waals surface area contributed by atoms with E-state index in [0.29, 0.717) is 6.42 Å². The summed E-state index contributed by atoms with van der Waals surface area (Å²) in [4.78, 5) is 11.3. The van der Waals surface area contributed by atoms with E-state index in [9.17, 15) is 23.1 Å². The van der Waals surface area contributed by atoms with Crippen LogP contribution in [0.2, 0.25) is 0 Å². The van der Waals surface area contributed by atoms with Crippen LogP contribution in [0.4, 0.5) is 13.2 Å². The zero-order valence-corrected chi connectivity index (χ0v) is 12.4.